The molecule has 0 saturated heterocycles. The van der Waals surface area contributed by atoms with Gasteiger partial charge in [0.15, 0.2) is 0 Å². The van der Waals surface area contributed by atoms with Crippen LogP contribution in [0.1, 0.15) is 33.6 Å². The summed E-state index contributed by atoms with van der Waals surface area (Å²) in [6, 6.07) is 3.02. The Balaban J connectivity index is 1.51. The van der Waals surface area contributed by atoms with Crippen LogP contribution < -0.4 is 10.0 Å². The fourth-order valence-electron chi connectivity index (χ4n) is 3.95. The second-order valence-corrected chi connectivity index (χ2v) is 10.4. The van der Waals surface area contributed by atoms with Crippen molar-refractivity contribution in [3.05, 3.63) is 70.4 Å². The first kappa shape index (κ1) is 28.8. The summed E-state index contributed by atoms with van der Waals surface area (Å²) in [7, 11) is -3.11. The SMILES string of the molecule is CNS(=O)(=O)O[C@@H]1C[C@@H](Nc2ncncc2C(=O)c2ccn(Cc3cc(C(F)(F)F)ccc3Cl)n2)[C@@H](F)[C@@H]1O. The molecule has 0 amide bonds. The molecule has 1 saturated carbocycles. The molecule has 0 aliphatic heterocycles. The van der Waals surface area contributed by atoms with Crippen LogP contribution in [0.15, 0.2) is 43.0 Å². The average Bonchev–Trinajstić information content (AvgIpc) is 3.45. The summed E-state index contributed by atoms with van der Waals surface area (Å²) in [6.45, 7) is -0.160. The van der Waals surface area contributed by atoms with E-state index in [1.165, 1.54) is 16.9 Å². The number of nitrogens with one attached hydrogen (secondary N) is 2. The van der Waals surface area contributed by atoms with E-state index in [0.29, 0.717) is 0 Å². The smallest absolute Gasteiger partial charge is 0.387 e. The van der Waals surface area contributed by atoms with Crippen molar-refractivity contribution >= 4 is 33.5 Å². The number of ketones is 1. The number of hydrogen-bond acceptors (Lipinski definition) is 9. The third kappa shape index (κ3) is 6.52. The highest BCUT2D eigenvalue weighted by Gasteiger charge is 2.46. The Hall–Kier alpha value is -3.18. The van der Waals surface area contributed by atoms with Crippen molar-refractivity contribution in [2.24, 2.45) is 0 Å². The van der Waals surface area contributed by atoms with Crippen molar-refractivity contribution in [2.75, 3.05) is 12.4 Å². The highest BCUT2D eigenvalue weighted by Crippen LogP contribution is 2.32. The molecule has 1 fully saturated rings. The van der Waals surface area contributed by atoms with E-state index < -0.39 is 52.2 Å². The molecule has 1 aliphatic rings. The zero-order chi connectivity index (χ0) is 28.5. The van der Waals surface area contributed by atoms with E-state index in [4.69, 9.17) is 15.8 Å². The molecule has 2 heterocycles. The molecule has 210 valence electrons. The Morgan fingerprint density at radius 3 is 2.74 bits per heavy atom. The standard InChI is InChI=1S/C22H21ClF4N6O5S/c1-28-39(36,37)38-17-7-16(18(24)20(17)35)31-21-13(8-29-10-30-21)19(34)15-4-5-33(32-15)9-11-6-12(22(25,26)27)2-3-14(11)23/h2-6,8,10,16-18,20,28,35H,7,9H2,1H3,(H,29,30,31)/t16-,17-,18-,20-/m1/s1. The van der Waals surface area contributed by atoms with Crippen LogP contribution in [0.25, 0.3) is 0 Å². The van der Waals surface area contributed by atoms with Gasteiger partial charge >= 0.3 is 16.5 Å². The molecule has 4 atom stereocenters. The van der Waals surface area contributed by atoms with Gasteiger partial charge in [0.1, 0.15) is 36.2 Å². The highest BCUT2D eigenvalue weighted by molar-refractivity contribution is 7.84. The molecule has 3 aromatic rings. The van der Waals surface area contributed by atoms with E-state index in [1.807, 2.05) is 4.72 Å². The maximum Gasteiger partial charge on any atom is 0.416 e. The predicted octanol–water partition coefficient (Wildman–Crippen LogP) is 2.36. The number of halogens is 5. The van der Waals surface area contributed by atoms with Gasteiger partial charge in [-0.3, -0.25) is 13.7 Å². The Kier molecular flexibility index (Phi) is 8.22. The Morgan fingerprint density at radius 1 is 1.31 bits per heavy atom. The number of carbonyl (C=O) groups excluding carboxylic acids is 1. The number of hydrogen-bond donors (Lipinski definition) is 3. The molecule has 11 nitrogen and oxygen atoms in total. The molecule has 0 bridgehead atoms. The van der Waals surface area contributed by atoms with Crippen molar-refractivity contribution in [3.63, 3.8) is 0 Å². The van der Waals surface area contributed by atoms with Gasteiger partial charge in [0.05, 0.1) is 23.7 Å². The summed E-state index contributed by atoms with van der Waals surface area (Å²) in [5.74, 6) is -0.797. The van der Waals surface area contributed by atoms with Gasteiger partial charge in [-0.25, -0.2) is 14.4 Å². The van der Waals surface area contributed by atoms with E-state index in [1.54, 1.807) is 0 Å². The number of aromatic nitrogens is 4. The zero-order valence-electron chi connectivity index (χ0n) is 19.9. The molecule has 17 heteroatoms. The van der Waals surface area contributed by atoms with E-state index in [2.05, 4.69) is 20.4 Å². The lowest BCUT2D eigenvalue weighted by atomic mass is 10.1. The van der Waals surface area contributed by atoms with Gasteiger partial charge in [-0.2, -0.15) is 31.4 Å². The summed E-state index contributed by atoms with van der Waals surface area (Å²) < 4.78 is 85.2. The van der Waals surface area contributed by atoms with Crippen LogP contribution in [0.4, 0.5) is 23.4 Å². The van der Waals surface area contributed by atoms with Gasteiger partial charge in [0.25, 0.3) is 0 Å². The van der Waals surface area contributed by atoms with Gasteiger partial charge in [-0.1, -0.05) is 11.6 Å². The minimum absolute atomic E-state index is 0.0821. The van der Waals surface area contributed by atoms with Crippen LogP contribution in [-0.4, -0.2) is 70.5 Å². The highest BCUT2D eigenvalue weighted by atomic mass is 35.5. The maximum atomic E-state index is 14.8. The lowest BCUT2D eigenvalue weighted by Crippen LogP contribution is -2.35. The number of alkyl halides is 4. The van der Waals surface area contributed by atoms with Gasteiger partial charge in [0, 0.05) is 30.9 Å². The molecular formula is C22H21ClF4N6O5S. The first-order valence-corrected chi connectivity index (χ1v) is 13.0. The van der Waals surface area contributed by atoms with Gasteiger partial charge in [-0.15, -0.1) is 0 Å². The summed E-state index contributed by atoms with van der Waals surface area (Å²) in [5, 5.41) is 17.0. The van der Waals surface area contributed by atoms with Gasteiger partial charge < -0.3 is 10.4 Å². The van der Waals surface area contributed by atoms with Crippen LogP contribution in [0, 0.1) is 0 Å². The van der Waals surface area contributed by atoms with E-state index in [0.717, 1.165) is 37.8 Å². The molecular weight excluding hydrogens is 572 g/mol. The Labute approximate surface area is 224 Å². The number of nitrogens with zero attached hydrogens (tertiary/aromatic N) is 4. The number of rotatable bonds is 9. The number of anilines is 1. The second kappa shape index (κ2) is 11.1. The second-order valence-electron chi connectivity index (χ2n) is 8.53. The molecule has 2 aromatic heterocycles. The minimum Gasteiger partial charge on any atom is -0.387 e. The van der Waals surface area contributed by atoms with Crippen LogP contribution >= 0.6 is 11.6 Å². The van der Waals surface area contributed by atoms with Crippen LogP contribution in [-0.2, 0) is 27.2 Å². The number of benzene rings is 1. The van der Waals surface area contributed by atoms with E-state index >= 15 is 0 Å². The van der Waals surface area contributed by atoms with Crippen LogP contribution in [0.3, 0.4) is 0 Å². The van der Waals surface area contributed by atoms with Crippen molar-refractivity contribution in [1.29, 1.82) is 0 Å². The van der Waals surface area contributed by atoms with Crippen molar-refractivity contribution in [1.82, 2.24) is 24.5 Å². The summed E-state index contributed by atoms with van der Waals surface area (Å²) >= 11 is 6.04. The van der Waals surface area contributed by atoms with Crippen molar-refractivity contribution in [2.45, 2.75) is 43.6 Å². The summed E-state index contributed by atoms with van der Waals surface area (Å²) in [6.07, 6.45) is -6.36. The molecule has 4 rings (SSSR count). The molecule has 39 heavy (non-hydrogen) atoms. The molecule has 1 aliphatic carbocycles. The van der Waals surface area contributed by atoms with Gasteiger partial charge in [-0.05, 0) is 29.8 Å². The maximum absolute atomic E-state index is 14.8. The fourth-order valence-corrected chi connectivity index (χ4v) is 4.74. The van der Waals surface area contributed by atoms with Crippen LogP contribution in [0.5, 0.6) is 0 Å². The number of carbonyl (C=O) groups is 1. The first-order chi connectivity index (χ1) is 18.3. The number of aliphatic hydroxyl groups is 1. The Bertz CT molecular complexity index is 1470. The third-order valence-electron chi connectivity index (χ3n) is 5.94. The normalized spacial score (nSPS) is 21.7. The Morgan fingerprint density at radius 2 is 2.05 bits per heavy atom. The van der Waals surface area contributed by atoms with E-state index in [-0.39, 0.29) is 40.6 Å². The molecule has 0 spiro atoms. The van der Waals surface area contributed by atoms with Crippen LogP contribution in [0.2, 0.25) is 5.02 Å². The molecule has 0 unspecified atom stereocenters. The first-order valence-electron chi connectivity index (χ1n) is 11.2. The monoisotopic (exact) mass is 592 g/mol. The summed E-state index contributed by atoms with van der Waals surface area (Å²) in [5.41, 5.74) is -0.985. The zero-order valence-corrected chi connectivity index (χ0v) is 21.5. The molecule has 0 radical (unpaired) electrons. The molecule has 1 aromatic carbocycles. The lowest BCUT2D eigenvalue weighted by molar-refractivity contribution is -0.137. The predicted molar refractivity (Wildman–Crippen MR) is 129 cm³/mol. The van der Waals surface area contributed by atoms with Crippen molar-refractivity contribution in [3.8, 4) is 0 Å². The third-order valence-corrected chi connectivity index (χ3v) is 7.31. The lowest BCUT2D eigenvalue weighted by Gasteiger charge is -2.17. The molecule has 3 N–H and O–H groups in total. The van der Waals surface area contributed by atoms with Gasteiger partial charge in [0.2, 0.25) is 5.78 Å². The topological polar surface area (TPSA) is 148 Å². The fraction of sp³-hybridized carbons (Fsp3) is 0.364. The average molecular weight is 593 g/mol. The summed E-state index contributed by atoms with van der Waals surface area (Å²) in [4.78, 5) is 20.9. The van der Waals surface area contributed by atoms with Crippen molar-refractivity contribution < 1.29 is 40.1 Å². The largest absolute Gasteiger partial charge is 0.416 e. The van der Waals surface area contributed by atoms with E-state index in [9.17, 15) is 35.9 Å². The quantitative estimate of drug-likeness (QED) is 0.251. The minimum atomic E-state index is -4.57. The number of aliphatic hydroxyl groups excluding tert-OH is 1.